The molecular formula is C21H30N2O3. The first-order valence-electron chi connectivity index (χ1n) is 9.76. The Bertz CT molecular complexity index is 623. The van der Waals surface area contributed by atoms with Gasteiger partial charge in [0, 0.05) is 26.1 Å². The third kappa shape index (κ3) is 4.09. The molecule has 0 aromatic heterocycles. The van der Waals surface area contributed by atoms with E-state index in [1.807, 2.05) is 35.2 Å². The molecule has 1 amide bonds. The summed E-state index contributed by atoms with van der Waals surface area (Å²) in [5, 5.41) is 9.86. The third-order valence-corrected chi connectivity index (χ3v) is 6.19. The lowest BCUT2D eigenvalue weighted by Gasteiger charge is -2.39. The van der Waals surface area contributed by atoms with Gasteiger partial charge in [-0.1, -0.05) is 30.3 Å². The zero-order valence-corrected chi connectivity index (χ0v) is 15.7. The second kappa shape index (κ2) is 8.21. The standard InChI is InChI=1S/C21H30N2O3/c1-22-13-5-6-17(16-22)9-10-19(24)23-14-11-21(12-15-23,20(25)26)18-7-3-2-4-8-18/h2-4,7-8,17H,5-6,9-16H2,1H3,(H,25,26). The van der Waals surface area contributed by atoms with Crippen LogP contribution >= 0.6 is 0 Å². The predicted octanol–water partition coefficient (Wildman–Crippen LogP) is 2.75. The van der Waals surface area contributed by atoms with E-state index in [9.17, 15) is 14.7 Å². The highest BCUT2D eigenvalue weighted by atomic mass is 16.4. The quantitative estimate of drug-likeness (QED) is 0.879. The molecule has 2 aliphatic rings. The van der Waals surface area contributed by atoms with Gasteiger partial charge in [-0.15, -0.1) is 0 Å². The van der Waals surface area contributed by atoms with Crippen LogP contribution in [0.1, 0.15) is 44.1 Å². The van der Waals surface area contributed by atoms with E-state index in [-0.39, 0.29) is 5.91 Å². The summed E-state index contributed by atoms with van der Waals surface area (Å²) >= 11 is 0. The molecule has 1 aromatic carbocycles. The first-order valence-corrected chi connectivity index (χ1v) is 9.76. The van der Waals surface area contributed by atoms with Crippen molar-refractivity contribution in [2.24, 2.45) is 5.92 Å². The highest BCUT2D eigenvalue weighted by molar-refractivity contribution is 5.82. The maximum atomic E-state index is 12.6. The Hall–Kier alpha value is -1.88. The smallest absolute Gasteiger partial charge is 0.314 e. The van der Waals surface area contributed by atoms with Crippen molar-refractivity contribution in [1.82, 2.24) is 9.80 Å². The number of nitrogens with zero attached hydrogens (tertiary/aromatic N) is 2. The fraction of sp³-hybridized carbons (Fsp3) is 0.619. The van der Waals surface area contributed by atoms with Gasteiger partial charge < -0.3 is 14.9 Å². The Balaban J connectivity index is 1.55. The molecule has 3 rings (SSSR count). The van der Waals surface area contributed by atoms with Crippen LogP contribution in [0.4, 0.5) is 0 Å². The van der Waals surface area contributed by atoms with E-state index >= 15 is 0 Å². The topological polar surface area (TPSA) is 60.9 Å². The van der Waals surface area contributed by atoms with Crippen molar-refractivity contribution in [2.45, 2.75) is 43.9 Å². The molecule has 142 valence electrons. The van der Waals surface area contributed by atoms with E-state index in [1.54, 1.807) is 0 Å². The number of benzene rings is 1. The summed E-state index contributed by atoms with van der Waals surface area (Å²) in [6.45, 7) is 3.31. The number of hydrogen-bond donors (Lipinski definition) is 1. The van der Waals surface area contributed by atoms with Crippen LogP contribution in [0.15, 0.2) is 30.3 Å². The summed E-state index contributed by atoms with van der Waals surface area (Å²) in [5.41, 5.74) is -0.00532. The molecule has 0 bridgehead atoms. The first-order chi connectivity index (χ1) is 12.5. The van der Waals surface area contributed by atoms with Crippen LogP contribution in [-0.4, -0.2) is 60.0 Å². The number of likely N-dealkylation sites (tertiary alicyclic amines) is 2. The van der Waals surface area contributed by atoms with Gasteiger partial charge in [0.15, 0.2) is 0 Å². The maximum absolute atomic E-state index is 12.6. The van der Waals surface area contributed by atoms with Crippen LogP contribution in [0.3, 0.4) is 0 Å². The number of hydrogen-bond acceptors (Lipinski definition) is 3. The lowest BCUT2D eigenvalue weighted by molar-refractivity contribution is -0.148. The van der Waals surface area contributed by atoms with Gasteiger partial charge in [-0.25, -0.2) is 0 Å². The number of amides is 1. The molecule has 0 aliphatic carbocycles. The molecular weight excluding hydrogens is 328 g/mol. The van der Waals surface area contributed by atoms with Crippen LogP contribution in [0, 0.1) is 5.92 Å². The molecule has 0 radical (unpaired) electrons. The van der Waals surface area contributed by atoms with Gasteiger partial charge in [-0.3, -0.25) is 9.59 Å². The van der Waals surface area contributed by atoms with Crippen LogP contribution in [-0.2, 0) is 15.0 Å². The minimum absolute atomic E-state index is 0.185. The lowest BCUT2D eigenvalue weighted by atomic mass is 9.73. The van der Waals surface area contributed by atoms with Gasteiger partial charge in [-0.05, 0) is 57.2 Å². The molecule has 1 unspecified atom stereocenters. The Labute approximate surface area is 156 Å². The van der Waals surface area contributed by atoms with Crippen molar-refractivity contribution in [1.29, 1.82) is 0 Å². The van der Waals surface area contributed by atoms with Gasteiger partial charge in [0.05, 0.1) is 5.41 Å². The molecule has 26 heavy (non-hydrogen) atoms. The second-order valence-corrected chi connectivity index (χ2v) is 7.94. The van der Waals surface area contributed by atoms with Crippen molar-refractivity contribution in [3.63, 3.8) is 0 Å². The zero-order chi connectivity index (χ0) is 18.6. The summed E-state index contributed by atoms with van der Waals surface area (Å²) < 4.78 is 0. The van der Waals surface area contributed by atoms with Gasteiger partial charge in [0.2, 0.25) is 5.91 Å². The van der Waals surface area contributed by atoms with E-state index in [4.69, 9.17) is 0 Å². The molecule has 2 aliphatic heterocycles. The van der Waals surface area contributed by atoms with Crippen molar-refractivity contribution >= 4 is 11.9 Å². The van der Waals surface area contributed by atoms with E-state index < -0.39 is 11.4 Å². The minimum Gasteiger partial charge on any atom is -0.481 e. The Morgan fingerprint density at radius 1 is 1.15 bits per heavy atom. The number of piperidine rings is 2. The monoisotopic (exact) mass is 358 g/mol. The highest BCUT2D eigenvalue weighted by Gasteiger charge is 2.43. The van der Waals surface area contributed by atoms with E-state index in [0.29, 0.717) is 38.3 Å². The summed E-state index contributed by atoms with van der Waals surface area (Å²) in [5.74, 6) is 0.0243. The summed E-state index contributed by atoms with van der Waals surface area (Å²) in [6.07, 6.45) is 4.95. The predicted molar refractivity (Wildman–Crippen MR) is 101 cm³/mol. The van der Waals surface area contributed by atoms with Gasteiger partial charge in [0.1, 0.15) is 0 Å². The van der Waals surface area contributed by atoms with Gasteiger partial charge in [0.25, 0.3) is 0 Å². The van der Waals surface area contributed by atoms with Crippen molar-refractivity contribution in [3.8, 4) is 0 Å². The SMILES string of the molecule is CN1CCCC(CCC(=O)N2CCC(C(=O)O)(c3ccccc3)CC2)C1. The Kier molecular flexibility index (Phi) is 5.97. The molecule has 2 fully saturated rings. The number of carbonyl (C=O) groups excluding carboxylic acids is 1. The van der Waals surface area contributed by atoms with Crippen molar-refractivity contribution < 1.29 is 14.7 Å². The second-order valence-electron chi connectivity index (χ2n) is 7.94. The van der Waals surface area contributed by atoms with Crippen molar-refractivity contribution in [2.75, 3.05) is 33.2 Å². The molecule has 5 heteroatoms. The van der Waals surface area contributed by atoms with Gasteiger partial charge in [-0.2, -0.15) is 0 Å². The number of carboxylic acid groups (broad SMARTS) is 1. The summed E-state index contributed by atoms with van der Waals surface area (Å²) in [6, 6.07) is 9.47. The summed E-state index contributed by atoms with van der Waals surface area (Å²) in [4.78, 5) is 28.8. The Morgan fingerprint density at radius 3 is 2.46 bits per heavy atom. The van der Waals surface area contributed by atoms with Crippen LogP contribution in [0.25, 0.3) is 0 Å². The Morgan fingerprint density at radius 2 is 1.85 bits per heavy atom. The largest absolute Gasteiger partial charge is 0.481 e. The molecule has 0 spiro atoms. The average Bonchev–Trinajstić information content (AvgIpc) is 2.67. The first kappa shape index (κ1) is 18.9. The normalized spacial score (nSPS) is 23.6. The zero-order valence-electron chi connectivity index (χ0n) is 15.7. The molecule has 0 saturated carbocycles. The van der Waals surface area contributed by atoms with E-state index in [0.717, 1.165) is 25.1 Å². The molecule has 2 saturated heterocycles. The molecule has 2 heterocycles. The van der Waals surface area contributed by atoms with Crippen LogP contribution in [0.5, 0.6) is 0 Å². The van der Waals surface area contributed by atoms with Gasteiger partial charge >= 0.3 is 5.97 Å². The average molecular weight is 358 g/mol. The lowest BCUT2D eigenvalue weighted by Crippen LogP contribution is -2.49. The fourth-order valence-corrected chi connectivity index (χ4v) is 4.52. The fourth-order valence-electron chi connectivity index (χ4n) is 4.52. The molecule has 1 N–H and O–H groups in total. The van der Waals surface area contributed by atoms with E-state index in [1.165, 1.54) is 12.8 Å². The van der Waals surface area contributed by atoms with Crippen LogP contribution in [0.2, 0.25) is 0 Å². The maximum Gasteiger partial charge on any atom is 0.314 e. The molecule has 1 aromatic rings. The number of carbonyl (C=O) groups is 2. The molecule has 5 nitrogen and oxygen atoms in total. The number of aliphatic carboxylic acids is 1. The highest BCUT2D eigenvalue weighted by Crippen LogP contribution is 2.36. The number of carboxylic acids is 1. The van der Waals surface area contributed by atoms with Crippen molar-refractivity contribution in [3.05, 3.63) is 35.9 Å². The minimum atomic E-state index is -0.857. The third-order valence-electron chi connectivity index (χ3n) is 6.19. The molecule has 1 atom stereocenters. The van der Waals surface area contributed by atoms with E-state index in [2.05, 4.69) is 11.9 Å². The number of rotatable bonds is 5. The summed E-state index contributed by atoms with van der Waals surface area (Å²) in [7, 11) is 2.15. The van der Waals surface area contributed by atoms with Crippen LogP contribution < -0.4 is 0 Å².